The van der Waals surface area contributed by atoms with Crippen LogP contribution in [0.25, 0.3) is 0 Å². The van der Waals surface area contributed by atoms with E-state index in [1.807, 2.05) is 49.1 Å². The predicted octanol–water partition coefficient (Wildman–Crippen LogP) is 1.78. The largest absolute Gasteiger partial charge is 0.383 e. The Kier molecular flexibility index (Phi) is 6.50. The number of amides is 2. The number of hydrogen-bond acceptors (Lipinski definition) is 4. The molecule has 1 aromatic rings. The Balaban J connectivity index is 1.50. The van der Waals surface area contributed by atoms with E-state index in [0.717, 1.165) is 44.5 Å². The number of nitrogens with zero attached hydrogens (tertiary/aromatic N) is 2. The van der Waals surface area contributed by atoms with Crippen molar-refractivity contribution in [1.82, 2.24) is 10.2 Å². The second-order valence-corrected chi connectivity index (χ2v) is 8.03. The van der Waals surface area contributed by atoms with E-state index in [1.165, 1.54) is 0 Å². The molecule has 2 amide bonds. The van der Waals surface area contributed by atoms with Crippen LogP contribution in [0.5, 0.6) is 0 Å². The van der Waals surface area contributed by atoms with E-state index >= 15 is 0 Å². The van der Waals surface area contributed by atoms with Crippen LogP contribution in [0.2, 0.25) is 0 Å². The molecule has 27 heavy (non-hydrogen) atoms. The monoisotopic (exact) mass is 373 g/mol. The molecule has 2 fully saturated rings. The summed E-state index contributed by atoms with van der Waals surface area (Å²) in [5.74, 6) is -0.172. The molecule has 1 aromatic carbocycles. The first kappa shape index (κ1) is 19.8. The number of benzene rings is 1. The topological polar surface area (TPSA) is 72.9 Å². The highest BCUT2D eigenvalue weighted by molar-refractivity contribution is 5.95. The molecule has 0 unspecified atom stereocenters. The summed E-state index contributed by atoms with van der Waals surface area (Å²) in [6.07, 6.45) is 2.58. The maximum absolute atomic E-state index is 12.9. The van der Waals surface area contributed by atoms with Crippen LogP contribution in [0.4, 0.5) is 5.69 Å². The summed E-state index contributed by atoms with van der Waals surface area (Å²) in [4.78, 5) is 28.9. The van der Waals surface area contributed by atoms with Gasteiger partial charge in [0.1, 0.15) is 6.10 Å². The van der Waals surface area contributed by atoms with Gasteiger partial charge in [-0.25, -0.2) is 0 Å². The van der Waals surface area contributed by atoms with Gasteiger partial charge in [0.2, 0.25) is 11.8 Å². The van der Waals surface area contributed by atoms with E-state index in [2.05, 4.69) is 10.2 Å². The van der Waals surface area contributed by atoms with Crippen molar-refractivity contribution in [2.24, 2.45) is 5.92 Å². The number of rotatable bonds is 7. The first-order valence-electron chi connectivity index (χ1n) is 10.0. The second kappa shape index (κ2) is 8.85. The Labute approximate surface area is 161 Å². The highest BCUT2D eigenvalue weighted by Gasteiger charge is 2.33. The molecule has 2 N–H and O–H groups in total. The Morgan fingerprint density at radius 2 is 1.78 bits per heavy atom. The number of aliphatic hydroxyl groups is 1. The van der Waals surface area contributed by atoms with E-state index in [4.69, 9.17) is 0 Å². The normalized spacial score (nSPS) is 19.7. The summed E-state index contributed by atoms with van der Waals surface area (Å²) in [6.45, 7) is 5.86. The molecule has 6 nitrogen and oxygen atoms in total. The van der Waals surface area contributed by atoms with Gasteiger partial charge in [0.15, 0.2) is 0 Å². The molecule has 3 rings (SSSR count). The maximum atomic E-state index is 12.9. The Bertz CT molecular complexity index is 637. The van der Waals surface area contributed by atoms with Crippen molar-refractivity contribution in [3.8, 4) is 0 Å². The second-order valence-electron chi connectivity index (χ2n) is 8.03. The molecule has 1 atom stereocenters. The van der Waals surface area contributed by atoms with Gasteiger partial charge in [-0.05, 0) is 70.7 Å². The SMILES string of the molecule is CC(C)N(C(=O)CN1CCC([C@H](O)C(=O)NC2CC2)CC1)c1ccccc1. The van der Waals surface area contributed by atoms with Gasteiger partial charge >= 0.3 is 0 Å². The number of carbonyl (C=O) groups is 2. The fourth-order valence-corrected chi connectivity index (χ4v) is 3.74. The van der Waals surface area contributed by atoms with Crippen molar-refractivity contribution in [1.29, 1.82) is 0 Å². The first-order valence-corrected chi connectivity index (χ1v) is 10.0. The van der Waals surface area contributed by atoms with E-state index < -0.39 is 6.10 Å². The lowest BCUT2D eigenvalue weighted by molar-refractivity contribution is -0.133. The Hall–Kier alpha value is -1.92. The Morgan fingerprint density at radius 1 is 1.15 bits per heavy atom. The molecule has 1 saturated heterocycles. The van der Waals surface area contributed by atoms with E-state index in [-0.39, 0.29) is 29.8 Å². The van der Waals surface area contributed by atoms with Crippen LogP contribution in [-0.2, 0) is 9.59 Å². The van der Waals surface area contributed by atoms with Crippen LogP contribution in [0.15, 0.2) is 30.3 Å². The Morgan fingerprint density at radius 3 is 2.33 bits per heavy atom. The van der Waals surface area contributed by atoms with Crippen LogP contribution in [0, 0.1) is 5.92 Å². The van der Waals surface area contributed by atoms with Crippen molar-refractivity contribution >= 4 is 17.5 Å². The first-order chi connectivity index (χ1) is 13.0. The zero-order valence-electron chi connectivity index (χ0n) is 16.3. The third kappa shape index (κ3) is 5.30. The van der Waals surface area contributed by atoms with Crippen molar-refractivity contribution in [3.05, 3.63) is 30.3 Å². The van der Waals surface area contributed by atoms with Gasteiger partial charge < -0.3 is 15.3 Å². The number of hydrogen-bond donors (Lipinski definition) is 2. The highest BCUT2D eigenvalue weighted by Crippen LogP contribution is 2.24. The van der Waals surface area contributed by atoms with Crippen LogP contribution < -0.4 is 10.2 Å². The van der Waals surface area contributed by atoms with Crippen LogP contribution in [-0.4, -0.2) is 59.6 Å². The number of para-hydroxylation sites is 1. The average molecular weight is 373 g/mol. The van der Waals surface area contributed by atoms with Gasteiger partial charge in [0, 0.05) is 17.8 Å². The summed E-state index contributed by atoms with van der Waals surface area (Å²) in [6, 6.07) is 10.1. The quantitative estimate of drug-likeness (QED) is 0.764. The van der Waals surface area contributed by atoms with Crippen molar-refractivity contribution in [3.63, 3.8) is 0 Å². The van der Waals surface area contributed by atoms with Gasteiger partial charge in [0.25, 0.3) is 0 Å². The van der Waals surface area contributed by atoms with E-state index in [1.54, 1.807) is 0 Å². The minimum absolute atomic E-state index is 0.0228. The number of piperidine rings is 1. The number of carbonyl (C=O) groups excluding carboxylic acids is 2. The summed E-state index contributed by atoms with van der Waals surface area (Å²) < 4.78 is 0. The van der Waals surface area contributed by atoms with Crippen molar-refractivity contribution in [2.75, 3.05) is 24.5 Å². The minimum Gasteiger partial charge on any atom is -0.383 e. The molecule has 1 saturated carbocycles. The molecule has 1 heterocycles. The van der Waals surface area contributed by atoms with Gasteiger partial charge in [-0.2, -0.15) is 0 Å². The molecule has 6 heteroatoms. The van der Waals surface area contributed by atoms with Crippen molar-refractivity contribution < 1.29 is 14.7 Å². The lowest BCUT2D eigenvalue weighted by atomic mass is 9.90. The molecular formula is C21H31N3O3. The van der Waals surface area contributed by atoms with E-state index in [9.17, 15) is 14.7 Å². The predicted molar refractivity (Wildman–Crippen MR) is 105 cm³/mol. The molecule has 0 aromatic heterocycles. The van der Waals surface area contributed by atoms with Crippen molar-refractivity contribution in [2.45, 2.75) is 57.7 Å². The molecule has 0 spiro atoms. The van der Waals surface area contributed by atoms with Gasteiger partial charge in [0.05, 0.1) is 6.54 Å². The molecule has 0 radical (unpaired) electrons. The molecule has 2 aliphatic rings. The zero-order chi connectivity index (χ0) is 19.4. The maximum Gasteiger partial charge on any atom is 0.249 e. The summed E-state index contributed by atoms with van der Waals surface area (Å²) in [5.41, 5.74) is 0.916. The smallest absolute Gasteiger partial charge is 0.249 e. The lowest BCUT2D eigenvalue weighted by Gasteiger charge is -2.35. The number of anilines is 1. The van der Waals surface area contributed by atoms with Crippen LogP contribution in [0.3, 0.4) is 0 Å². The number of likely N-dealkylation sites (tertiary alicyclic amines) is 1. The molecule has 1 aliphatic heterocycles. The summed E-state index contributed by atoms with van der Waals surface area (Å²) >= 11 is 0. The summed E-state index contributed by atoms with van der Waals surface area (Å²) in [5, 5.41) is 13.2. The highest BCUT2D eigenvalue weighted by atomic mass is 16.3. The number of nitrogens with one attached hydrogen (secondary N) is 1. The number of aliphatic hydroxyl groups excluding tert-OH is 1. The zero-order valence-corrected chi connectivity index (χ0v) is 16.3. The molecule has 148 valence electrons. The molecular weight excluding hydrogens is 342 g/mol. The molecule has 0 bridgehead atoms. The average Bonchev–Trinajstić information content (AvgIpc) is 3.46. The third-order valence-corrected chi connectivity index (χ3v) is 5.45. The summed E-state index contributed by atoms with van der Waals surface area (Å²) in [7, 11) is 0. The van der Waals surface area contributed by atoms with Gasteiger partial charge in [-0.15, -0.1) is 0 Å². The fourth-order valence-electron chi connectivity index (χ4n) is 3.74. The van der Waals surface area contributed by atoms with Gasteiger partial charge in [-0.3, -0.25) is 14.5 Å². The fraction of sp³-hybridized carbons (Fsp3) is 0.619. The standard InChI is InChI=1S/C21H31N3O3/c1-15(2)24(18-6-4-3-5-7-18)19(25)14-23-12-10-16(11-13-23)20(26)21(27)22-17-8-9-17/h3-7,15-17,20,26H,8-14H2,1-2H3,(H,22,27)/t20-/m0/s1. The van der Waals surface area contributed by atoms with Crippen LogP contribution in [0.1, 0.15) is 39.5 Å². The lowest BCUT2D eigenvalue weighted by Crippen LogP contribution is -2.48. The minimum atomic E-state index is -0.931. The van der Waals surface area contributed by atoms with Crippen LogP contribution >= 0.6 is 0 Å². The van der Waals surface area contributed by atoms with Gasteiger partial charge in [-0.1, -0.05) is 18.2 Å². The van der Waals surface area contributed by atoms with E-state index in [0.29, 0.717) is 6.54 Å². The third-order valence-electron chi connectivity index (χ3n) is 5.45. The molecule has 1 aliphatic carbocycles.